The van der Waals surface area contributed by atoms with Crippen LogP contribution in [0.2, 0.25) is 0 Å². The van der Waals surface area contributed by atoms with Gasteiger partial charge in [-0.3, -0.25) is 0 Å². The van der Waals surface area contributed by atoms with Crippen molar-refractivity contribution in [1.29, 1.82) is 0 Å². The van der Waals surface area contributed by atoms with Crippen LogP contribution in [0.1, 0.15) is 42.9 Å². The largest absolute Gasteiger partial charge is 0.357 e. The fourth-order valence-electron chi connectivity index (χ4n) is 2.00. The molecule has 2 N–H and O–H groups in total. The van der Waals surface area contributed by atoms with Gasteiger partial charge in [-0.1, -0.05) is 19.8 Å². The van der Waals surface area contributed by atoms with E-state index < -0.39 is 0 Å². The summed E-state index contributed by atoms with van der Waals surface area (Å²) in [5, 5.41) is 6.74. The number of hydrogen-bond donors (Lipinski definition) is 2. The summed E-state index contributed by atoms with van der Waals surface area (Å²) in [6.45, 7) is 7.05. The number of hydrogen-bond acceptors (Lipinski definition) is 2. The normalized spacial score (nSPS) is 14.8. The molecule has 2 rings (SSSR count). The van der Waals surface area contributed by atoms with E-state index in [2.05, 4.69) is 41.6 Å². The highest BCUT2D eigenvalue weighted by molar-refractivity contribution is 14.0. The Bertz CT molecular complexity index is 413. The predicted octanol–water partition coefficient (Wildman–Crippen LogP) is 3.78. The minimum absolute atomic E-state index is 0. The monoisotopic (exact) mass is 407 g/mol. The van der Waals surface area contributed by atoms with E-state index >= 15 is 0 Å². The lowest BCUT2D eigenvalue weighted by molar-refractivity contribution is 0.685. The highest BCUT2D eigenvalue weighted by Gasteiger charge is 2.20. The van der Waals surface area contributed by atoms with Crippen LogP contribution in [0.4, 0.5) is 0 Å². The molecule has 1 aliphatic rings. The Balaban J connectivity index is 0.00000200. The first kappa shape index (κ1) is 17.8. The highest BCUT2D eigenvalue weighted by atomic mass is 127. The first-order valence-electron chi connectivity index (χ1n) is 7.41. The van der Waals surface area contributed by atoms with E-state index in [4.69, 9.17) is 0 Å². The van der Waals surface area contributed by atoms with E-state index in [1.54, 1.807) is 0 Å². The van der Waals surface area contributed by atoms with Crippen molar-refractivity contribution in [3.63, 3.8) is 0 Å². The third kappa shape index (κ3) is 6.43. The molecule has 0 unspecified atom stereocenters. The van der Waals surface area contributed by atoms with Crippen LogP contribution < -0.4 is 10.6 Å². The summed E-state index contributed by atoms with van der Waals surface area (Å²) in [5.74, 6) is 1.93. The van der Waals surface area contributed by atoms with Crippen molar-refractivity contribution in [2.24, 2.45) is 10.9 Å². The van der Waals surface area contributed by atoms with Crippen molar-refractivity contribution in [3.05, 3.63) is 21.9 Å². The van der Waals surface area contributed by atoms with Crippen LogP contribution in [0.5, 0.6) is 0 Å². The Morgan fingerprint density at radius 3 is 2.60 bits per heavy atom. The van der Waals surface area contributed by atoms with Crippen molar-refractivity contribution in [2.75, 3.05) is 13.1 Å². The third-order valence-corrected chi connectivity index (χ3v) is 4.56. The molecule has 3 nitrogen and oxygen atoms in total. The Hall–Kier alpha value is -0.300. The van der Waals surface area contributed by atoms with Crippen molar-refractivity contribution in [1.82, 2.24) is 10.6 Å². The van der Waals surface area contributed by atoms with Crippen LogP contribution in [-0.4, -0.2) is 19.0 Å². The van der Waals surface area contributed by atoms with Gasteiger partial charge >= 0.3 is 0 Å². The van der Waals surface area contributed by atoms with E-state index in [9.17, 15) is 0 Å². The van der Waals surface area contributed by atoms with Gasteiger partial charge in [0, 0.05) is 22.8 Å². The summed E-state index contributed by atoms with van der Waals surface area (Å²) in [5.41, 5.74) is 0. The third-order valence-electron chi connectivity index (χ3n) is 3.34. The average molecular weight is 407 g/mol. The number of aliphatic imine (C=N–C) groups is 1. The summed E-state index contributed by atoms with van der Waals surface area (Å²) < 4.78 is 0. The summed E-state index contributed by atoms with van der Waals surface area (Å²) in [7, 11) is 0. The van der Waals surface area contributed by atoms with Gasteiger partial charge in [-0.15, -0.1) is 35.3 Å². The second kappa shape index (κ2) is 9.60. The first-order chi connectivity index (χ1) is 9.31. The number of aryl methyl sites for hydroxylation is 1. The molecule has 1 heterocycles. The van der Waals surface area contributed by atoms with Crippen LogP contribution >= 0.6 is 35.3 Å². The molecule has 1 fully saturated rings. The van der Waals surface area contributed by atoms with Crippen molar-refractivity contribution >= 4 is 41.3 Å². The predicted molar refractivity (Wildman–Crippen MR) is 99.3 cm³/mol. The van der Waals surface area contributed by atoms with Gasteiger partial charge in [0.15, 0.2) is 5.96 Å². The Morgan fingerprint density at radius 1 is 1.25 bits per heavy atom. The summed E-state index contributed by atoms with van der Waals surface area (Å²) >= 11 is 1.87. The second-order valence-corrected chi connectivity index (χ2v) is 6.33. The molecule has 0 aliphatic heterocycles. The SMILES string of the molecule is CCNC(=NCc1ccc(CC)s1)NCCC1CC1.I. The van der Waals surface area contributed by atoms with Crippen molar-refractivity contribution < 1.29 is 0 Å². The number of halogens is 1. The number of thiophene rings is 1. The molecule has 5 heteroatoms. The average Bonchev–Trinajstić information content (AvgIpc) is 3.12. The van der Waals surface area contributed by atoms with Gasteiger partial charge in [-0.2, -0.15) is 0 Å². The van der Waals surface area contributed by atoms with Crippen LogP contribution in [0.3, 0.4) is 0 Å². The molecule has 0 amide bonds. The molecule has 0 bridgehead atoms. The van der Waals surface area contributed by atoms with Crippen LogP contribution in [-0.2, 0) is 13.0 Å². The molecule has 20 heavy (non-hydrogen) atoms. The maximum absolute atomic E-state index is 4.65. The van der Waals surface area contributed by atoms with E-state index in [0.29, 0.717) is 0 Å². The molecular weight excluding hydrogens is 381 g/mol. The molecule has 0 radical (unpaired) electrons. The molecule has 0 spiro atoms. The van der Waals surface area contributed by atoms with Crippen LogP contribution in [0.25, 0.3) is 0 Å². The van der Waals surface area contributed by atoms with E-state index in [1.165, 1.54) is 29.0 Å². The standard InChI is InChI=1S/C15H25N3S.HI/c1-3-13-7-8-14(19-13)11-18-15(16-4-2)17-10-9-12-5-6-12;/h7-8,12H,3-6,9-11H2,1-2H3,(H2,16,17,18);1H. The van der Waals surface area contributed by atoms with E-state index in [-0.39, 0.29) is 24.0 Å². The molecule has 1 aromatic heterocycles. The van der Waals surface area contributed by atoms with Crippen LogP contribution in [0, 0.1) is 5.92 Å². The van der Waals surface area contributed by atoms with Gasteiger partial charge < -0.3 is 10.6 Å². The molecule has 0 aromatic carbocycles. The second-order valence-electron chi connectivity index (χ2n) is 5.08. The summed E-state index contributed by atoms with van der Waals surface area (Å²) in [6, 6.07) is 4.41. The molecular formula is C15H26IN3S. The topological polar surface area (TPSA) is 36.4 Å². The molecule has 1 saturated carbocycles. The van der Waals surface area contributed by atoms with Gasteiger partial charge in [-0.25, -0.2) is 4.99 Å². The van der Waals surface area contributed by atoms with Gasteiger partial charge in [0.05, 0.1) is 6.54 Å². The maximum atomic E-state index is 4.65. The molecule has 1 aliphatic carbocycles. The quantitative estimate of drug-likeness (QED) is 0.410. The number of nitrogens with zero attached hydrogens (tertiary/aromatic N) is 1. The minimum Gasteiger partial charge on any atom is -0.357 e. The summed E-state index contributed by atoms with van der Waals surface area (Å²) in [6.07, 6.45) is 5.24. The fraction of sp³-hybridized carbons (Fsp3) is 0.667. The lowest BCUT2D eigenvalue weighted by Gasteiger charge is -2.10. The lowest BCUT2D eigenvalue weighted by atomic mass is 10.3. The van der Waals surface area contributed by atoms with Crippen LogP contribution in [0.15, 0.2) is 17.1 Å². The highest BCUT2D eigenvalue weighted by Crippen LogP contribution is 2.31. The Kier molecular flexibility index (Phi) is 8.52. The summed E-state index contributed by atoms with van der Waals surface area (Å²) in [4.78, 5) is 7.44. The zero-order valence-corrected chi connectivity index (χ0v) is 15.6. The molecule has 1 aromatic rings. The smallest absolute Gasteiger partial charge is 0.191 e. The van der Waals surface area contributed by atoms with Gasteiger partial charge in [-0.05, 0) is 37.8 Å². The van der Waals surface area contributed by atoms with Gasteiger partial charge in [0.2, 0.25) is 0 Å². The minimum atomic E-state index is 0. The molecule has 114 valence electrons. The number of guanidine groups is 1. The lowest BCUT2D eigenvalue weighted by Crippen LogP contribution is -2.37. The number of rotatable bonds is 7. The zero-order valence-electron chi connectivity index (χ0n) is 12.4. The zero-order chi connectivity index (χ0) is 13.5. The Morgan fingerprint density at radius 2 is 2.00 bits per heavy atom. The van der Waals surface area contributed by atoms with E-state index in [0.717, 1.165) is 37.9 Å². The molecule has 0 atom stereocenters. The van der Waals surface area contributed by atoms with Gasteiger partial charge in [0.25, 0.3) is 0 Å². The fourth-order valence-corrected chi connectivity index (χ4v) is 2.88. The van der Waals surface area contributed by atoms with E-state index in [1.807, 2.05) is 11.3 Å². The van der Waals surface area contributed by atoms with Gasteiger partial charge in [0.1, 0.15) is 0 Å². The first-order valence-corrected chi connectivity index (χ1v) is 8.23. The molecule has 0 saturated heterocycles. The van der Waals surface area contributed by atoms with Crippen molar-refractivity contribution in [3.8, 4) is 0 Å². The Labute approximate surface area is 143 Å². The number of nitrogens with one attached hydrogen (secondary N) is 2. The van der Waals surface area contributed by atoms with Crippen molar-refractivity contribution in [2.45, 2.75) is 46.1 Å². The maximum Gasteiger partial charge on any atom is 0.191 e.